The van der Waals surface area contributed by atoms with Crippen molar-refractivity contribution in [3.63, 3.8) is 0 Å². The van der Waals surface area contributed by atoms with Crippen LogP contribution in [0.15, 0.2) is 97.1 Å². The van der Waals surface area contributed by atoms with Crippen LogP contribution in [0.25, 0.3) is 22.3 Å². The fourth-order valence-electron chi connectivity index (χ4n) is 3.79. The highest BCUT2D eigenvalue weighted by atomic mass is 19.1. The third-order valence-electron chi connectivity index (χ3n) is 5.57. The maximum Gasteiger partial charge on any atom is 0.131 e. The summed E-state index contributed by atoms with van der Waals surface area (Å²) in [6.45, 7) is 3.73. The van der Waals surface area contributed by atoms with Gasteiger partial charge in [-0.2, -0.15) is 0 Å². The summed E-state index contributed by atoms with van der Waals surface area (Å²) in [7, 11) is 0. The highest BCUT2D eigenvalue weighted by molar-refractivity contribution is 5.71. The molecular weight excluding hydrogens is 411 g/mol. The third kappa shape index (κ3) is 6.30. The van der Waals surface area contributed by atoms with Gasteiger partial charge in [0.05, 0.1) is 13.2 Å². The predicted octanol–water partition coefficient (Wildman–Crippen LogP) is 7.71. The van der Waals surface area contributed by atoms with Crippen molar-refractivity contribution in [2.24, 2.45) is 0 Å². The van der Waals surface area contributed by atoms with Gasteiger partial charge < -0.3 is 9.47 Å². The van der Waals surface area contributed by atoms with Gasteiger partial charge in [0.15, 0.2) is 0 Å². The Kier molecular flexibility index (Phi) is 7.89. The maximum atomic E-state index is 14.9. The molecule has 0 radical (unpaired) electrons. The molecule has 0 saturated heterocycles. The Morgan fingerprint density at radius 2 is 1.36 bits per heavy atom. The molecular formula is C30H29FO2. The SMILES string of the molecule is CCCc1ccc(-c2ccc(-c3ccc(OCCOCc4ccccc4)cc3)cc2F)cc1. The molecule has 0 atom stereocenters. The molecule has 0 N–H and O–H groups in total. The molecule has 0 aliphatic rings. The number of hydrogen-bond donors (Lipinski definition) is 0. The third-order valence-corrected chi connectivity index (χ3v) is 5.57. The Balaban J connectivity index is 1.32. The highest BCUT2D eigenvalue weighted by Crippen LogP contribution is 2.29. The average Bonchev–Trinajstić information content (AvgIpc) is 2.86. The smallest absolute Gasteiger partial charge is 0.131 e. The lowest BCUT2D eigenvalue weighted by molar-refractivity contribution is 0.0889. The molecule has 4 rings (SSSR count). The number of rotatable bonds is 10. The van der Waals surface area contributed by atoms with E-state index in [0.29, 0.717) is 25.4 Å². The second-order valence-corrected chi connectivity index (χ2v) is 8.05. The lowest BCUT2D eigenvalue weighted by atomic mass is 9.98. The van der Waals surface area contributed by atoms with E-state index in [4.69, 9.17) is 9.47 Å². The normalized spacial score (nSPS) is 10.8. The summed E-state index contributed by atoms with van der Waals surface area (Å²) in [4.78, 5) is 0. The van der Waals surface area contributed by atoms with Crippen LogP contribution in [0, 0.1) is 5.82 Å². The molecule has 0 aliphatic heterocycles. The van der Waals surface area contributed by atoms with Crippen LogP contribution >= 0.6 is 0 Å². The van der Waals surface area contributed by atoms with E-state index in [9.17, 15) is 4.39 Å². The van der Waals surface area contributed by atoms with E-state index in [0.717, 1.165) is 40.8 Å². The van der Waals surface area contributed by atoms with Crippen LogP contribution in [0.1, 0.15) is 24.5 Å². The summed E-state index contributed by atoms with van der Waals surface area (Å²) in [6, 6.07) is 31.4. The van der Waals surface area contributed by atoms with Crippen LogP contribution in [0.3, 0.4) is 0 Å². The molecule has 0 amide bonds. The summed E-state index contributed by atoms with van der Waals surface area (Å²) in [5.74, 6) is 0.554. The summed E-state index contributed by atoms with van der Waals surface area (Å²) in [5.41, 5.74) is 5.74. The molecule has 4 aromatic rings. The first-order valence-electron chi connectivity index (χ1n) is 11.5. The van der Waals surface area contributed by atoms with Crippen molar-refractivity contribution in [3.05, 3.63) is 114 Å². The van der Waals surface area contributed by atoms with Gasteiger partial charge in [0.1, 0.15) is 18.2 Å². The van der Waals surface area contributed by atoms with Crippen molar-refractivity contribution in [2.45, 2.75) is 26.4 Å². The van der Waals surface area contributed by atoms with Crippen LogP contribution < -0.4 is 4.74 Å². The van der Waals surface area contributed by atoms with E-state index < -0.39 is 0 Å². The maximum absolute atomic E-state index is 14.9. The first kappa shape index (κ1) is 22.8. The molecule has 0 heterocycles. The van der Waals surface area contributed by atoms with Gasteiger partial charge in [0.25, 0.3) is 0 Å². The molecule has 0 unspecified atom stereocenters. The van der Waals surface area contributed by atoms with Gasteiger partial charge in [-0.1, -0.05) is 92.2 Å². The second-order valence-electron chi connectivity index (χ2n) is 8.05. The predicted molar refractivity (Wildman–Crippen MR) is 133 cm³/mol. The molecule has 2 nitrogen and oxygen atoms in total. The van der Waals surface area contributed by atoms with Gasteiger partial charge in [0.2, 0.25) is 0 Å². The summed E-state index contributed by atoms with van der Waals surface area (Å²) < 4.78 is 26.3. The first-order chi connectivity index (χ1) is 16.2. The fourth-order valence-corrected chi connectivity index (χ4v) is 3.79. The van der Waals surface area contributed by atoms with E-state index in [1.807, 2.05) is 78.9 Å². The standard InChI is InChI=1S/C30H29FO2/c1-2-6-23-9-11-26(12-10-23)29-18-15-27(21-30(29)31)25-13-16-28(17-14-25)33-20-19-32-22-24-7-4-3-5-8-24/h3-5,7-18,21H,2,6,19-20,22H2,1H3. The highest BCUT2D eigenvalue weighted by Gasteiger charge is 2.08. The Bertz CT molecular complexity index is 1140. The Morgan fingerprint density at radius 1 is 0.667 bits per heavy atom. The zero-order chi connectivity index (χ0) is 22.9. The minimum absolute atomic E-state index is 0.216. The van der Waals surface area contributed by atoms with E-state index >= 15 is 0 Å². The molecule has 168 valence electrons. The Hall–Kier alpha value is -3.43. The number of aryl methyl sites for hydroxylation is 1. The van der Waals surface area contributed by atoms with Gasteiger partial charge in [-0.3, -0.25) is 0 Å². The molecule has 0 bridgehead atoms. The zero-order valence-electron chi connectivity index (χ0n) is 19.0. The van der Waals surface area contributed by atoms with Crippen LogP contribution in [-0.2, 0) is 17.8 Å². The van der Waals surface area contributed by atoms with Crippen molar-refractivity contribution in [3.8, 4) is 28.0 Å². The van der Waals surface area contributed by atoms with Crippen molar-refractivity contribution < 1.29 is 13.9 Å². The van der Waals surface area contributed by atoms with E-state index in [1.165, 1.54) is 5.56 Å². The van der Waals surface area contributed by atoms with Crippen molar-refractivity contribution in [1.29, 1.82) is 0 Å². The van der Waals surface area contributed by atoms with Gasteiger partial charge in [-0.05, 0) is 52.4 Å². The van der Waals surface area contributed by atoms with Gasteiger partial charge in [-0.25, -0.2) is 4.39 Å². The van der Waals surface area contributed by atoms with Crippen LogP contribution in [0.2, 0.25) is 0 Å². The minimum Gasteiger partial charge on any atom is -0.491 e. The average molecular weight is 441 g/mol. The van der Waals surface area contributed by atoms with E-state index in [-0.39, 0.29) is 5.82 Å². The van der Waals surface area contributed by atoms with Gasteiger partial charge >= 0.3 is 0 Å². The fraction of sp³-hybridized carbons (Fsp3) is 0.200. The van der Waals surface area contributed by atoms with Gasteiger partial charge in [-0.15, -0.1) is 0 Å². The molecule has 4 aromatic carbocycles. The molecule has 0 saturated carbocycles. The number of halogens is 1. The summed E-state index contributed by atoms with van der Waals surface area (Å²) >= 11 is 0. The van der Waals surface area contributed by atoms with Crippen LogP contribution in [0.5, 0.6) is 5.75 Å². The second kappa shape index (κ2) is 11.4. The minimum atomic E-state index is -0.216. The van der Waals surface area contributed by atoms with Crippen LogP contribution in [-0.4, -0.2) is 13.2 Å². The van der Waals surface area contributed by atoms with E-state index in [2.05, 4.69) is 19.1 Å². The zero-order valence-corrected chi connectivity index (χ0v) is 19.0. The first-order valence-corrected chi connectivity index (χ1v) is 11.5. The Morgan fingerprint density at radius 3 is 2.06 bits per heavy atom. The quantitative estimate of drug-likeness (QED) is 0.235. The van der Waals surface area contributed by atoms with Crippen LogP contribution in [0.4, 0.5) is 4.39 Å². The molecule has 3 heteroatoms. The molecule has 0 fully saturated rings. The number of benzene rings is 4. The summed E-state index contributed by atoms with van der Waals surface area (Å²) in [6.07, 6.45) is 2.15. The Labute approximate surface area is 195 Å². The van der Waals surface area contributed by atoms with Crippen molar-refractivity contribution in [2.75, 3.05) is 13.2 Å². The molecule has 0 spiro atoms. The van der Waals surface area contributed by atoms with Crippen molar-refractivity contribution in [1.82, 2.24) is 0 Å². The topological polar surface area (TPSA) is 18.5 Å². The largest absolute Gasteiger partial charge is 0.491 e. The number of ether oxygens (including phenoxy) is 2. The summed E-state index contributed by atoms with van der Waals surface area (Å²) in [5, 5.41) is 0. The van der Waals surface area contributed by atoms with Gasteiger partial charge in [0, 0.05) is 5.56 Å². The lowest BCUT2D eigenvalue weighted by Crippen LogP contribution is -2.06. The molecule has 0 aromatic heterocycles. The lowest BCUT2D eigenvalue weighted by Gasteiger charge is -2.10. The molecule has 33 heavy (non-hydrogen) atoms. The van der Waals surface area contributed by atoms with E-state index in [1.54, 1.807) is 6.07 Å². The molecule has 0 aliphatic carbocycles. The number of hydrogen-bond acceptors (Lipinski definition) is 2. The monoisotopic (exact) mass is 440 g/mol. The van der Waals surface area contributed by atoms with Crippen molar-refractivity contribution >= 4 is 0 Å².